The number of fused-ring (bicyclic) bond motifs is 1. The van der Waals surface area contributed by atoms with Gasteiger partial charge in [-0.25, -0.2) is 9.59 Å². The van der Waals surface area contributed by atoms with Crippen LogP contribution in [-0.4, -0.2) is 75.0 Å². The minimum atomic E-state index is -1.28. The molecule has 2 rings (SSSR count). The van der Waals surface area contributed by atoms with Crippen molar-refractivity contribution in [2.45, 2.75) is 65.2 Å². The standard InChI is InChI=1S/C30H39NO10/c1-19(2)28(34)40-21(4)30(36)41-20(3)29(35)39-18-25(31-26(32)12-13-27(33)38-15-14-37-5)17-22-10-11-23-8-6-7-9-24(23)16-22/h6-11,16,19-21,25H,12-15,17-18H2,1-5H3,(H,31,32). The van der Waals surface area contributed by atoms with Crippen LogP contribution in [0.25, 0.3) is 10.8 Å². The van der Waals surface area contributed by atoms with Gasteiger partial charge in [-0.3, -0.25) is 14.4 Å². The molecule has 1 amide bonds. The van der Waals surface area contributed by atoms with E-state index in [1.807, 2.05) is 42.5 Å². The number of carbonyl (C=O) groups excluding carboxylic acids is 5. The van der Waals surface area contributed by atoms with Crippen molar-refractivity contribution >= 4 is 40.6 Å². The Morgan fingerprint density at radius 1 is 0.756 bits per heavy atom. The summed E-state index contributed by atoms with van der Waals surface area (Å²) < 4.78 is 25.3. The van der Waals surface area contributed by atoms with E-state index in [-0.39, 0.29) is 32.7 Å². The van der Waals surface area contributed by atoms with Gasteiger partial charge in [-0.05, 0) is 36.6 Å². The number of hydrogen-bond acceptors (Lipinski definition) is 10. The lowest BCUT2D eigenvalue weighted by Crippen LogP contribution is -2.42. The third-order valence-corrected chi connectivity index (χ3v) is 5.92. The van der Waals surface area contributed by atoms with E-state index in [0.717, 1.165) is 16.3 Å². The molecule has 0 aliphatic rings. The van der Waals surface area contributed by atoms with Gasteiger partial charge in [0.15, 0.2) is 12.2 Å². The second kappa shape index (κ2) is 17.0. The van der Waals surface area contributed by atoms with Crippen LogP contribution in [0.3, 0.4) is 0 Å². The number of esters is 4. The van der Waals surface area contributed by atoms with E-state index in [9.17, 15) is 24.0 Å². The summed E-state index contributed by atoms with van der Waals surface area (Å²) in [5.74, 6) is -3.67. The zero-order valence-corrected chi connectivity index (χ0v) is 24.2. The quantitative estimate of drug-likeness (QED) is 0.181. The third kappa shape index (κ3) is 12.0. The Balaban J connectivity index is 2.00. The summed E-state index contributed by atoms with van der Waals surface area (Å²) in [6, 6.07) is 13.0. The number of methoxy groups -OCH3 is 1. The summed E-state index contributed by atoms with van der Waals surface area (Å²) in [7, 11) is 1.49. The first-order chi connectivity index (χ1) is 19.5. The summed E-state index contributed by atoms with van der Waals surface area (Å²) in [6.07, 6.45) is -2.37. The van der Waals surface area contributed by atoms with Gasteiger partial charge in [0.1, 0.15) is 13.2 Å². The zero-order valence-electron chi connectivity index (χ0n) is 24.2. The summed E-state index contributed by atoms with van der Waals surface area (Å²) in [4.78, 5) is 61.0. The van der Waals surface area contributed by atoms with Crippen LogP contribution >= 0.6 is 0 Å². The van der Waals surface area contributed by atoms with Crippen LogP contribution < -0.4 is 5.32 Å². The fourth-order valence-corrected chi connectivity index (χ4v) is 3.61. The molecule has 0 heterocycles. The van der Waals surface area contributed by atoms with Crippen molar-refractivity contribution in [1.82, 2.24) is 5.32 Å². The fraction of sp³-hybridized carbons (Fsp3) is 0.500. The largest absolute Gasteiger partial charge is 0.463 e. The van der Waals surface area contributed by atoms with Crippen molar-refractivity contribution in [1.29, 1.82) is 0 Å². The first kappa shape index (κ1) is 33.2. The lowest BCUT2D eigenvalue weighted by molar-refractivity contribution is -0.178. The van der Waals surface area contributed by atoms with E-state index in [1.54, 1.807) is 13.8 Å². The van der Waals surface area contributed by atoms with Crippen molar-refractivity contribution in [2.24, 2.45) is 5.92 Å². The highest BCUT2D eigenvalue weighted by Gasteiger charge is 2.27. The Morgan fingerprint density at radius 3 is 2.10 bits per heavy atom. The maximum absolute atomic E-state index is 12.6. The van der Waals surface area contributed by atoms with Crippen LogP contribution in [0.4, 0.5) is 0 Å². The maximum atomic E-state index is 12.6. The summed E-state index contributed by atoms with van der Waals surface area (Å²) in [6.45, 7) is 6.08. The van der Waals surface area contributed by atoms with Crippen LogP contribution in [0.5, 0.6) is 0 Å². The SMILES string of the molecule is COCCOC(=O)CCC(=O)NC(COC(=O)C(C)OC(=O)C(C)OC(=O)C(C)C)Cc1ccc2ccccc2c1. The molecule has 3 unspecified atom stereocenters. The van der Waals surface area contributed by atoms with Gasteiger partial charge in [0.25, 0.3) is 0 Å². The molecule has 0 spiro atoms. The average Bonchev–Trinajstić information content (AvgIpc) is 2.94. The van der Waals surface area contributed by atoms with Crippen molar-refractivity contribution in [3.8, 4) is 0 Å². The van der Waals surface area contributed by atoms with Crippen molar-refractivity contribution in [3.05, 3.63) is 48.0 Å². The van der Waals surface area contributed by atoms with Gasteiger partial charge in [0.05, 0.1) is 25.0 Å². The topological polar surface area (TPSA) is 144 Å². The predicted octanol–water partition coefficient (Wildman–Crippen LogP) is 2.90. The van der Waals surface area contributed by atoms with Crippen LogP contribution in [0.1, 0.15) is 46.1 Å². The molecule has 0 aromatic heterocycles. The molecule has 2 aromatic carbocycles. The number of nitrogens with one attached hydrogen (secondary N) is 1. The first-order valence-electron chi connectivity index (χ1n) is 13.5. The predicted molar refractivity (Wildman–Crippen MR) is 149 cm³/mol. The molecule has 2 aromatic rings. The molecule has 0 aliphatic heterocycles. The number of benzene rings is 2. The molecule has 0 bridgehead atoms. The summed E-state index contributed by atoms with van der Waals surface area (Å²) in [5.41, 5.74) is 0.893. The van der Waals surface area contributed by atoms with Crippen molar-refractivity contribution in [2.75, 3.05) is 26.9 Å². The van der Waals surface area contributed by atoms with E-state index >= 15 is 0 Å². The van der Waals surface area contributed by atoms with Gasteiger partial charge in [-0.2, -0.15) is 0 Å². The smallest absolute Gasteiger partial charge is 0.347 e. The van der Waals surface area contributed by atoms with Gasteiger partial charge >= 0.3 is 23.9 Å². The first-order valence-corrected chi connectivity index (χ1v) is 13.5. The van der Waals surface area contributed by atoms with Crippen LogP contribution in [-0.2, 0) is 54.1 Å². The van der Waals surface area contributed by atoms with Gasteiger partial charge in [-0.15, -0.1) is 0 Å². The highest BCUT2D eigenvalue weighted by Crippen LogP contribution is 2.17. The number of ether oxygens (including phenoxy) is 5. The number of hydrogen-bond donors (Lipinski definition) is 1. The lowest BCUT2D eigenvalue weighted by Gasteiger charge is -2.21. The number of rotatable bonds is 16. The summed E-state index contributed by atoms with van der Waals surface area (Å²) >= 11 is 0. The molecule has 1 N–H and O–H groups in total. The Morgan fingerprint density at radius 2 is 1.41 bits per heavy atom. The minimum Gasteiger partial charge on any atom is -0.463 e. The van der Waals surface area contributed by atoms with Gasteiger partial charge in [-0.1, -0.05) is 56.3 Å². The molecule has 0 saturated carbocycles. The molecule has 3 atom stereocenters. The Hall–Kier alpha value is -3.99. The van der Waals surface area contributed by atoms with E-state index in [2.05, 4.69) is 5.32 Å². The van der Waals surface area contributed by atoms with Gasteiger partial charge < -0.3 is 29.0 Å². The average molecular weight is 574 g/mol. The highest BCUT2D eigenvalue weighted by molar-refractivity contribution is 5.84. The number of carbonyl (C=O) groups is 5. The van der Waals surface area contributed by atoms with Gasteiger partial charge in [0, 0.05) is 13.5 Å². The molecule has 0 aliphatic carbocycles. The van der Waals surface area contributed by atoms with E-state index in [0.29, 0.717) is 6.42 Å². The van der Waals surface area contributed by atoms with Gasteiger partial charge in [0.2, 0.25) is 5.91 Å². The summed E-state index contributed by atoms with van der Waals surface area (Å²) in [5, 5.41) is 4.88. The molecule has 0 radical (unpaired) electrons. The lowest BCUT2D eigenvalue weighted by atomic mass is 10.0. The van der Waals surface area contributed by atoms with Crippen molar-refractivity contribution < 1.29 is 47.7 Å². The fourth-order valence-electron chi connectivity index (χ4n) is 3.61. The van der Waals surface area contributed by atoms with E-state index < -0.39 is 54.0 Å². The van der Waals surface area contributed by atoms with E-state index in [4.69, 9.17) is 23.7 Å². The Bertz CT molecular complexity index is 1190. The van der Waals surface area contributed by atoms with Crippen LogP contribution in [0, 0.1) is 5.92 Å². The third-order valence-electron chi connectivity index (χ3n) is 5.92. The number of amides is 1. The molecular formula is C30H39NO10. The second-order valence-corrected chi connectivity index (χ2v) is 9.81. The molecule has 0 fully saturated rings. The second-order valence-electron chi connectivity index (χ2n) is 9.81. The normalized spacial score (nSPS) is 13.1. The Labute approximate surface area is 239 Å². The molecular weight excluding hydrogens is 534 g/mol. The zero-order chi connectivity index (χ0) is 30.4. The molecule has 11 heteroatoms. The molecule has 224 valence electrons. The molecule has 0 saturated heterocycles. The van der Waals surface area contributed by atoms with Crippen LogP contribution in [0.2, 0.25) is 0 Å². The van der Waals surface area contributed by atoms with E-state index in [1.165, 1.54) is 21.0 Å². The van der Waals surface area contributed by atoms with Crippen LogP contribution in [0.15, 0.2) is 42.5 Å². The highest BCUT2D eigenvalue weighted by atomic mass is 16.6. The minimum absolute atomic E-state index is 0.0964. The molecule has 11 nitrogen and oxygen atoms in total. The van der Waals surface area contributed by atoms with Crippen molar-refractivity contribution in [3.63, 3.8) is 0 Å². The Kier molecular flexibility index (Phi) is 13.7. The maximum Gasteiger partial charge on any atom is 0.347 e. The molecule has 41 heavy (non-hydrogen) atoms. The monoisotopic (exact) mass is 573 g/mol.